The molecule has 1 N–H and O–H groups in total. The minimum atomic E-state index is -0.344. The van der Waals surface area contributed by atoms with Crippen LogP contribution in [0.15, 0.2) is 4.34 Å². The summed E-state index contributed by atoms with van der Waals surface area (Å²) in [7, 11) is 0. The van der Waals surface area contributed by atoms with Gasteiger partial charge in [-0.2, -0.15) is 0 Å². The molecule has 2 heterocycles. The molecule has 3 rings (SSSR count). The van der Waals surface area contributed by atoms with Gasteiger partial charge in [0.15, 0.2) is 10.1 Å². The summed E-state index contributed by atoms with van der Waals surface area (Å²) in [6, 6.07) is 0.493. The summed E-state index contributed by atoms with van der Waals surface area (Å²) in [5.74, 6) is -0.344. The molecule has 5 nitrogen and oxygen atoms in total. The summed E-state index contributed by atoms with van der Waals surface area (Å²) < 4.78 is 12.8. The Kier molecular flexibility index (Phi) is 4.62. The Bertz CT molecular complexity index is 449. The van der Waals surface area contributed by atoms with E-state index in [1.54, 1.807) is 11.3 Å². The molecule has 0 bridgehead atoms. The maximum Gasteiger partial charge on any atom is 0.174 e. The van der Waals surface area contributed by atoms with Crippen molar-refractivity contribution in [2.75, 3.05) is 19.8 Å². The molecular weight excluding hydrogens is 294 g/mol. The quantitative estimate of drug-likeness (QED) is 0.919. The number of nitrogens with one attached hydrogen (secondary N) is 1. The van der Waals surface area contributed by atoms with E-state index in [2.05, 4.69) is 22.4 Å². The molecule has 20 heavy (non-hydrogen) atoms. The Morgan fingerprint density at radius 1 is 1.40 bits per heavy atom. The lowest BCUT2D eigenvalue weighted by Crippen LogP contribution is -2.49. The summed E-state index contributed by atoms with van der Waals surface area (Å²) in [5.41, 5.74) is 0. The van der Waals surface area contributed by atoms with Gasteiger partial charge in [-0.15, -0.1) is 10.2 Å². The predicted molar refractivity (Wildman–Crippen MR) is 80.2 cm³/mol. The maximum atomic E-state index is 5.89. The van der Waals surface area contributed by atoms with Crippen molar-refractivity contribution in [2.24, 2.45) is 0 Å². The van der Waals surface area contributed by atoms with Crippen molar-refractivity contribution >= 4 is 23.1 Å². The van der Waals surface area contributed by atoms with Crippen LogP contribution in [0.3, 0.4) is 0 Å². The van der Waals surface area contributed by atoms with Gasteiger partial charge in [-0.25, -0.2) is 0 Å². The first-order valence-corrected chi connectivity index (χ1v) is 8.88. The second kappa shape index (κ2) is 6.27. The molecule has 1 aromatic heterocycles. The van der Waals surface area contributed by atoms with Gasteiger partial charge in [-0.1, -0.05) is 30.0 Å². The summed E-state index contributed by atoms with van der Waals surface area (Å²) in [6.07, 6.45) is 2.99. The Morgan fingerprint density at radius 2 is 2.20 bits per heavy atom. The van der Waals surface area contributed by atoms with E-state index in [4.69, 9.17) is 9.47 Å². The van der Waals surface area contributed by atoms with Crippen molar-refractivity contribution in [1.82, 2.24) is 15.5 Å². The van der Waals surface area contributed by atoms with Gasteiger partial charge in [0, 0.05) is 24.1 Å². The van der Waals surface area contributed by atoms with Gasteiger partial charge >= 0.3 is 0 Å². The number of hydrogen-bond acceptors (Lipinski definition) is 7. The second-order valence-electron chi connectivity index (χ2n) is 5.26. The van der Waals surface area contributed by atoms with Crippen molar-refractivity contribution in [2.45, 2.75) is 54.5 Å². The van der Waals surface area contributed by atoms with E-state index in [0.29, 0.717) is 11.3 Å². The zero-order chi connectivity index (χ0) is 14.0. The molecule has 0 amide bonds. The third-order valence-electron chi connectivity index (χ3n) is 3.84. The standard InChI is InChI=1S/C13H21N3O2S2/c1-3-14-10-4-5-13(17-6-7-18-13)8-11(10)20-12-16-15-9(2)19-12/h10-11,14H,3-8H2,1-2H3. The maximum absolute atomic E-state index is 5.89. The minimum Gasteiger partial charge on any atom is -0.347 e. The van der Waals surface area contributed by atoms with E-state index in [9.17, 15) is 0 Å². The molecule has 7 heteroatoms. The third-order valence-corrected chi connectivity index (χ3v) is 6.09. The minimum absolute atomic E-state index is 0.344. The Hall–Kier alpha value is -0.210. The molecule has 1 saturated heterocycles. The summed E-state index contributed by atoms with van der Waals surface area (Å²) in [5, 5.41) is 13.4. The molecule has 0 aromatic carbocycles. The molecule has 1 saturated carbocycles. The van der Waals surface area contributed by atoms with Crippen LogP contribution in [0, 0.1) is 6.92 Å². The van der Waals surface area contributed by atoms with Crippen LogP contribution in [-0.2, 0) is 9.47 Å². The van der Waals surface area contributed by atoms with Gasteiger partial charge in [0.1, 0.15) is 5.01 Å². The van der Waals surface area contributed by atoms with Gasteiger partial charge in [0.2, 0.25) is 0 Å². The van der Waals surface area contributed by atoms with Crippen molar-refractivity contribution in [3.8, 4) is 0 Å². The monoisotopic (exact) mass is 315 g/mol. The SMILES string of the molecule is CCNC1CCC2(CC1Sc1nnc(C)s1)OCCO2. The van der Waals surface area contributed by atoms with Crippen LogP contribution in [0.5, 0.6) is 0 Å². The summed E-state index contributed by atoms with van der Waals surface area (Å²) >= 11 is 3.48. The first-order chi connectivity index (χ1) is 9.71. The molecule has 1 aliphatic carbocycles. The Labute approximate surface area is 127 Å². The van der Waals surface area contributed by atoms with Gasteiger partial charge < -0.3 is 14.8 Å². The molecule has 2 aliphatic rings. The van der Waals surface area contributed by atoms with E-state index >= 15 is 0 Å². The van der Waals surface area contributed by atoms with Crippen molar-refractivity contribution < 1.29 is 9.47 Å². The zero-order valence-electron chi connectivity index (χ0n) is 11.9. The highest BCUT2D eigenvalue weighted by Crippen LogP contribution is 2.43. The fourth-order valence-electron chi connectivity index (χ4n) is 2.95. The molecule has 112 valence electrons. The average molecular weight is 315 g/mol. The van der Waals surface area contributed by atoms with Gasteiger partial charge in [0.05, 0.1) is 13.2 Å². The van der Waals surface area contributed by atoms with Crippen LogP contribution in [0.4, 0.5) is 0 Å². The van der Waals surface area contributed by atoms with Crippen LogP contribution in [0.25, 0.3) is 0 Å². The second-order valence-corrected chi connectivity index (χ2v) is 7.93. The number of thioether (sulfide) groups is 1. The van der Waals surface area contributed by atoms with Gasteiger partial charge in [0.25, 0.3) is 0 Å². The van der Waals surface area contributed by atoms with Gasteiger partial charge in [-0.3, -0.25) is 0 Å². The zero-order valence-corrected chi connectivity index (χ0v) is 13.6. The molecule has 2 atom stereocenters. The number of ether oxygens (including phenoxy) is 2. The van der Waals surface area contributed by atoms with E-state index < -0.39 is 0 Å². The molecular formula is C13H21N3O2S2. The molecule has 1 aliphatic heterocycles. The lowest BCUT2D eigenvalue weighted by molar-refractivity contribution is -0.178. The van der Waals surface area contributed by atoms with Crippen LogP contribution in [0.1, 0.15) is 31.2 Å². The van der Waals surface area contributed by atoms with Crippen LogP contribution >= 0.6 is 23.1 Å². The molecule has 0 radical (unpaired) electrons. The lowest BCUT2D eigenvalue weighted by Gasteiger charge is -2.40. The predicted octanol–water partition coefficient (Wildman–Crippen LogP) is 2.21. The molecule has 1 aromatic rings. The average Bonchev–Trinajstić information content (AvgIpc) is 3.04. The van der Waals surface area contributed by atoms with E-state index in [-0.39, 0.29) is 5.79 Å². The third kappa shape index (κ3) is 3.17. The molecule has 1 spiro atoms. The van der Waals surface area contributed by atoms with E-state index in [0.717, 1.165) is 48.4 Å². The van der Waals surface area contributed by atoms with E-state index in [1.807, 2.05) is 18.7 Å². The highest BCUT2D eigenvalue weighted by molar-refractivity contribution is 8.01. The van der Waals surface area contributed by atoms with E-state index in [1.165, 1.54) is 0 Å². The Morgan fingerprint density at radius 3 is 2.85 bits per heavy atom. The summed E-state index contributed by atoms with van der Waals surface area (Å²) in [4.78, 5) is 0. The number of aryl methyl sites for hydroxylation is 1. The number of hydrogen-bond donors (Lipinski definition) is 1. The summed E-state index contributed by atoms with van der Waals surface area (Å²) in [6.45, 7) is 6.59. The largest absolute Gasteiger partial charge is 0.347 e. The number of aromatic nitrogens is 2. The van der Waals surface area contributed by atoms with Crippen LogP contribution in [0.2, 0.25) is 0 Å². The van der Waals surface area contributed by atoms with Crippen LogP contribution in [-0.4, -0.2) is 47.0 Å². The number of rotatable bonds is 4. The van der Waals surface area contributed by atoms with Crippen molar-refractivity contribution in [1.29, 1.82) is 0 Å². The normalized spacial score (nSPS) is 29.1. The number of nitrogens with zero attached hydrogens (tertiary/aromatic N) is 2. The smallest absolute Gasteiger partial charge is 0.174 e. The first-order valence-electron chi connectivity index (χ1n) is 7.19. The van der Waals surface area contributed by atoms with Crippen molar-refractivity contribution in [3.63, 3.8) is 0 Å². The fraction of sp³-hybridized carbons (Fsp3) is 0.846. The molecule has 2 fully saturated rings. The fourth-order valence-corrected chi connectivity index (χ4v) is 5.37. The topological polar surface area (TPSA) is 56.3 Å². The Balaban J connectivity index is 1.71. The first kappa shape index (κ1) is 14.7. The highest BCUT2D eigenvalue weighted by atomic mass is 32.2. The highest BCUT2D eigenvalue weighted by Gasteiger charge is 2.45. The lowest BCUT2D eigenvalue weighted by atomic mass is 9.89. The van der Waals surface area contributed by atoms with Crippen molar-refractivity contribution in [3.05, 3.63) is 5.01 Å². The van der Waals surface area contributed by atoms with Crippen LogP contribution < -0.4 is 5.32 Å². The molecule has 2 unspecified atom stereocenters. The van der Waals surface area contributed by atoms with Gasteiger partial charge in [-0.05, 0) is 19.9 Å².